The number of anilines is 1. The molecule has 0 radical (unpaired) electrons. The van der Waals surface area contributed by atoms with E-state index in [1.54, 1.807) is 0 Å². The maximum atomic E-state index is 4.70. The molecule has 288 valence electrons. The summed E-state index contributed by atoms with van der Waals surface area (Å²) in [4.78, 5) is 2.62. The Morgan fingerprint density at radius 1 is 0.491 bits per heavy atom. The van der Waals surface area contributed by atoms with Crippen molar-refractivity contribution in [3.8, 4) is 34.8 Å². The predicted molar refractivity (Wildman–Crippen MR) is 246 cm³/mol. The molecule has 7 rings (SSSR count). The van der Waals surface area contributed by atoms with Gasteiger partial charge in [-0.3, -0.25) is 0 Å². The highest BCUT2D eigenvalue weighted by molar-refractivity contribution is 7.00. The first-order chi connectivity index (χ1) is 28.1. The first-order valence-electron chi connectivity index (χ1n) is 21.3. The Kier molecular flexibility index (Phi) is 14.1. The van der Waals surface area contributed by atoms with Gasteiger partial charge >= 0.3 is 0 Å². The van der Waals surface area contributed by atoms with Gasteiger partial charge in [0.15, 0.2) is 0 Å². The number of fused-ring (bicyclic) bond motifs is 3. The molecule has 0 amide bonds. The van der Waals surface area contributed by atoms with Gasteiger partial charge in [0.25, 0.3) is 0 Å². The lowest BCUT2D eigenvalue weighted by Gasteiger charge is -2.25. The molecule has 0 aliphatic heterocycles. The van der Waals surface area contributed by atoms with Gasteiger partial charge in [-0.15, -0.1) is 0 Å². The standard InChI is InChI=1S/C53H55N3S/c1-4-6-8-10-12-18-38-56(39-19-13-11-9-7-5-2)44-33-26-41(27-34-44)28-35-50-46-20-14-16-22-48(46)51(49-23-17-15-21-47(49)50)37-32-43-31-36-45(53-52(43)54-57-55-53)42-29-24-40(3)25-30-42/h14-17,20-27,29-31,33-34,36H,4-13,18-19,38-39H2,1-3H3. The second-order valence-corrected chi connectivity index (χ2v) is 15.9. The van der Waals surface area contributed by atoms with Crippen LogP contribution in [0.5, 0.6) is 0 Å². The molecule has 0 unspecified atom stereocenters. The number of rotatable bonds is 16. The summed E-state index contributed by atoms with van der Waals surface area (Å²) in [6.45, 7) is 8.95. The quantitative estimate of drug-likeness (QED) is 0.0557. The predicted octanol–water partition coefficient (Wildman–Crippen LogP) is 14.3. The van der Waals surface area contributed by atoms with Crippen LogP contribution in [0, 0.1) is 30.6 Å². The van der Waals surface area contributed by atoms with Crippen molar-refractivity contribution < 1.29 is 0 Å². The monoisotopic (exact) mass is 765 g/mol. The van der Waals surface area contributed by atoms with E-state index in [-0.39, 0.29) is 0 Å². The molecule has 6 aromatic carbocycles. The lowest BCUT2D eigenvalue weighted by atomic mass is 9.91. The van der Waals surface area contributed by atoms with Crippen LogP contribution in [-0.4, -0.2) is 21.8 Å². The first-order valence-corrected chi connectivity index (χ1v) is 22.0. The van der Waals surface area contributed by atoms with Crippen molar-refractivity contribution in [2.75, 3.05) is 18.0 Å². The van der Waals surface area contributed by atoms with Crippen LogP contribution in [0.1, 0.15) is 119 Å². The maximum absolute atomic E-state index is 4.70. The lowest BCUT2D eigenvalue weighted by Crippen LogP contribution is -2.25. The van der Waals surface area contributed by atoms with Crippen LogP contribution in [0.25, 0.3) is 43.7 Å². The minimum absolute atomic E-state index is 0.848. The van der Waals surface area contributed by atoms with Gasteiger partial charge in [-0.25, -0.2) is 0 Å². The van der Waals surface area contributed by atoms with Crippen molar-refractivity contribution in [2.24, 2.45) is 0 Å². The van der Waals surface area contributed by atoms with Gasteiger partial charge < -0.3 is 4.90 Å². The number of aryl methyl sites for hydroxylation is 1. The first kappa shape index (κ1) is 39.8. The van der Waals surface area contributed by atoms with E-state index in [0.29, 0.717) is 0 Å². The Bertz CT molecular complexity index is 2450. The minimum atomic E-state index is 0.848. The average Bonchev–Trinajstić information content (AvgIpc) is 3.75. The third-order valence-electron chi connectivity index (χ3n) is 11.2. The largest absolute Gasteiger partial charge is 0.372 e. The van der Waals surface area contributed by atoms with E-state index in [4.69, 9.17) is 8.75 Å². The number of hydrogen-bond donors (Lipinski definition) is 0. The van der Waals surface area contributed by atoms with E-state index < -0.39 is 0 Å². The van der Waals surface area contributed by atoms with Crippen molar-refractivity contribution in [3.05, 3.63) is 137 Å². The number of hydrogen-bond acceptors (Lipinski definition) is 4. The van der Waals surface area contributed by atoms with Gasteiger partial charge in [0.1, 0.15) is 11.0 Å². The van der Waals surface area contributed by atoms with Gasteiger partial charge in [0.2, 0.25) is 0 Å². The fourth-order valence-corrected chi connectivity index (χ4v) is 8.46. The van der Waals surface area contributed by atoms with Crippen molar-refractivity contribution >= 4 is 50.0 Å². The zero-order valence-corrected chi connectivity index (χ0v) is 34.9. The SMILES string of the molecule is CCCCCCCCN(CCCCCCCC)c1ccc(C#Cc2c3ccccc3c(C#Cc3ccc(-c4ccc(C)cc4)c4nsnc34)c3ccccc23)cc1. The van der Waals surface area contributed by atoms with E-state index in [1.165, 1.54) is 100 Å². The van der Waals surface area contributed by atoms with Crippen molar-refractivity contribution in [2.45, 2.75) is 97.8 Å². The molecule has 0 atom stereocenters. The normalized spacial score (nSPS) is 11.1. The van der Waals surface area contributed by atoms with Crippen LogP contribution in [0.3, 0.4) is 0 Å². The number of nitrogens with zero attached hydrogens (tertiary/aromatic N) is 3. The van der Waals surface area contributed by atoms with Gasteiger partial charge in [0, 0.05) is 41.0 Å². The Labute approximate surface area is 344 Å². The topological polar surface area (TPSA) is 29.0 Å². The van der Waals surface area contributed by atoms with E-state index in [0.717, 1.165) is 79.0 Å². The summed E-state index contributed by atoms with van der Waals surface area (Å²) in [5.41, 5.74) is 10.5. The summed E-state index contributed by atoms with van der Waals surface area (Å²) in [5.74, 6) is 14.3. The zero-order chi connectivity index (χ0) is 39.2. The highest BCUT2D eigenvalue weighted by Crippen LogP contribution is 2.33. The fourth-order valence-electron chi connectivity index (χ4n) is 7.89. The van der Waals surface area contributed by atoms with Crippen LogP contribution in [-0.2, 0) is 0 Å². The Hall–Kier alpha value is -5.42. The molecule has 0 saturated heterocycles. The summed E-state index contributed by atoms with van der Waals surface area (Å²) in [7, 11) is 0. The molecular formula is C53H55N3S. The van der Waals surface area contributed by atoms with Crippen molar-refractivity contribution in [1.82, 2.24) is 8.75 Å². The maximum Gasteiger partial charge on any atom is 0.121 e. The highest BCUT2D eigenvalue weighted by Gasteiger charge is 2.14. The van der Waals surface area contributed by atoms with Crippen LogP contribution >= 0.6 is 11.7 Å². The third kappa shape index (κ3) is 9.94. The molecule has 0 fully saturated rings. The van der Waals surface area contributed by atoms with Gasteiger partial charge in [-0.1, -0.05) is 186 Å². The van der Waals surface area contributed by atoms with E-state index in [9.17, 15) is 0 Å². The fraction of sp³-hybridized carbons (Fsp3) is 0.321. The number of unbranched alkanes of at least 4 members (excludes halogenated alkanes) is 10. The van der Waals surface area contributed by atoms with Crippen LogP contribution < -0.4 is 4.90 Å². The Morgan fingerprint density at radius 2 is 1.00 bits per heavy atom. The van der Waals surface area contributed by atoms with Crippen LogP contribution in [0.15, 0.2) is 109 Å². The van der Waals surface area contributed by atoms with Crippen molar-refractivity contribution in [1.29, 1.82) is 0 Å². The lowest BCUT2D eigenvalue weighted by molar-refractivity contribution is 0.575. The number of aromatic nitrogens is 2. The molecule has 0 N–H and O–H groups in total. The summed E-state index contributed by atoms with van der Waals surface area (Å²) in [6.07, 6.45) is 15.9. The zero-order valence-electron chi connectivity index (χ0n) is 34.0. The van der Waals surface area contributed by atoms with E-state index in [2.05, 4.69) is 159 Å². The van der Waals surface area contributed by atoms with Gasteiger partial charge in [-0.05, 0) is 77.2 Å². The molecule has 0 saturated carbocycles. The summed E-state index contributed by atoms with van der Waals surface area (Å²) >= 11 is 1.24. The van der Waals surface area contributed by atoms with Gasteiger partial charge in [0.05, 0.1) is 17.3 Å². The molecule has 1 heterocycles. The molecule has 4 heteroatoms. The smallest absolute Gasteiger partial charge is 0.121 e. The Balaban J connectivity index is 1.16. The molecule has 0 spiro atoms. The molecule has 3 nitrogen and oxygen atoms in total. The molecule has 0 aliphatic rings. The Morgan fingerprint density at radius 3 is 1.56 bits per heavy atom. The molecule has 57 heavy (non-hydrogen) atoms. The molecule has 7 aromatic rings. The highest BCUT2D eigenvalue weighted by atomic mass is 32.1. The van der Waals surface area contributed by atoms with E-state index in [1.807, 2.05) is 0 Å². The van der Waals surface area contributed by atoms with Crippen LogP contribution in [0.2, 0.25) is 0 Å². The molecule has 0 aliphatic carbocycles. The van der Waals surface area contributed by atoms with Crippen molar-refractivity contribution in [3.63, 3.8) is 0 Å². The van der Waals surface area contributed by atoms with Crippen LogP contribution in [0.4, 0.5) is 5.69 Å². The molecular weight excluding hydrogens is 711 g/mol. The number of benzene rings is 6. The second kappa shape index (κ2) is 20.1. The van der Waals surface area contributed by atoms with Gasteiger partial charge in [-0.2, -0.15) is 8.75 Å². The molecule has 0 bridgehead atoms. The average molecular weight is 766 g/mol. The molecule has 1 aromatic heterocycles. The summed E-state index contributed by atoms with van der Waals surface area (Å²) in [6, 6.07) is 38.9. The third-order valence-corrected chi connectivity index (χ3v) is 11.7. The minimum Gasteiger partial charge on any atom is -0.372 e. The second-order valence-electron chi connectivity index (χ2n) is 15.4. The summed E-state index contributed by atoms with van der Waals surface area (Å²) in [5, 5.41) is 4.44. The van der Waals surface area contributed by atoms with E-state index >= 15 is 0 Å². The summed E-state index contributed by atoms with van der Waals surface area (Å²) < 4.78 is 9.39.